The van der Waals surface area contributed by atoms with E-state index in [9.17, 15) is 0 Å². The van der Waals surface area contributed by atoms with E-state index in [-0.39, 0.29) is 6.47 Å². The zero-order valence-electron chi connectivity index (χ0n) is 7.76. The number of carbonyl (C=O) groups is 1. The molecule has 74 valence electrons. The molecule has 0 saturated carbocycles. The van der Waals surface area contributed by atoms with Gasteiger partial charge in [0.15, 0.2) is 0 Å². The maximum Gasteiger partial charge on any atom is 0.290 e. The summed E-state index contributed by atoms with van der Waals surface area (Å²) in [7, 11) is 0. The summed E-state index contributed by atoms with van der Waals surface area (Å²) < 4.78 is 0. The Morgan fingerprint density at radius 1 is 1.17 bits per heavy atom. The summed E-state index contributed by atoms with van der Waals surface area (Å²) in [5, 5.41) is 8.07. The Balaban J connectivity index is 0. The first-order valence-corrected chi connectivity index (χ1v) is 5.59. The van der Waals surface area contributed by atoms with Crippen LogP contribution in [0.4, 0.5) is 0 Å². The van der Waals surface area contributed by atoms with Gasteiger partial charge in [-0.15, -0.1) is 0 Å². The number of unbranched alkanes of at least 4 members (excludes halogenated alkanes) is 5. The molecular formula is C9H19BrO2. The third-order valence-corrected chi connectivity index (χ3v) is 2.05. The van der Waals surface area contributed by atoms with Crippen molar-refractivity contribution < 1.29 is 9.90 Å². The molecule has 0 unspecified atom stereocenters. The van der Waals surface area contributed by atoms with Crippen LogP contribution in [0.3, 0.4) is 0 Å². The van der Waals surface area contributed by atoms with E-state index >= 15 is 0 Å². The van der Waals surface area contributed by atoms with E-state index in [0.717, 1.165) is 0 Å². The van der Waals surface area contributed by atoms with Gasteiger partial charge in [-0.25, -0.2) is 0 Å². The van der Waals surface area contributed by atoms with Crippen LogP contribution < -0.4 is 0 Å². The van der Waals surface area contributed by atoms with Crippen molar-refractivity contribution in [1.29, 1.82) is 0 Å². The number of halogens is 1. The molecule has 0 heterocycles. The number of rotatable bonds is 6. The standard InChI is InChI=1S/C8H17Br.CH2O2/c1-2-3-4-5-6-7-8-9;2-1-3/h2-8H2,1H3;1H,(H,2,3). The van der Waals surface area contributed by atoms with Gasteiger partial charge in [0.1, 0.15) is 0 Å². The molecule has 0 aliphatic carbocycles. The van der Waals surface area contributed by atoms with E-state index in [1.165, 1.54) is 43.9 Å². The molecule has 12 heavy (non-hydrogen) atoms. The highest BCUT2D eigenvalue weighted by Crippen LogP contribution is 2.05. The van der Waals surface area contributed by atoms with Gasteiger partial charge < -0.3 is 5.11 Å². The maximum atomic E-state index is 8.36. The van der Waals surface area contributed by atoms with E-state index < -0.39 is 0 Å². The normalized spacial score (nSPS) is 8.50. The van der Waals surface area contributed by atoms with Crippen molar-refractivity contribution in [3.8, 4) is 0 Å². The van der Waals surface area contributed by atoms with Crippen molar-refractivity contribution in [1.82, 2.24) is 0 Å². The Kier molecular flexibility index (Phi) is 20.7. The lowest BCUT2D eigenvalue weighted by Crippen LogP contribution is -1.78. The van der Waals surface area contributed by atoms with Gasteiger partial charge in [0.05, 0.1) is 0 Å². The van der Waals surface area contributed by atoms with E-state index in [2.05, 4.69) is 22.9 Å². The monoisotopic (exact) mass is 238 g/mol. The largest absolute Gasteiger partial charge is 0.483 e. The molecule has 0 rings (SSSR count). The molecule has 2 nitrogen and oxygen atoms in total. The number of alkyl halides is 1. The van der Waals surface area contributed by atoms with E-state index in [4.69, 9.17) is 9.90 Å². The van der Waals surface area contributed by atoms with Crippen LogP contribution in [-0.4, -0.2) is 16.9 Å². The van der Waals surface area contributed by atoms with Gasteiger partial charge in [-0.2, -0.15) is 0 Å². The molecule has 0 aromatic heterocycles. The Hall–Kier alpha value is -0.0500. The lowest BCUT2D eigenvalue weighted by atomic mass is 10.1. The van der Waals surface area contributed by atoms with Gasteiger partial charge in [0, 0.05) is 5.33 Å². The summed E-state index contributed by atoms with van der Waals surface area (Å²) in [5.74, 6) is 0. The molecule has 0 spiro atoms. The lowest BCUT2D eigenvalue weighted by molar-refractivity contribution is -0.122. The molecule has 0 aromatic carbocycles. The van der Waals surface area contributed by atoms with E-state index in [1.807, 2.05) is 0 Å². The average Bonchev–Trinajstić information content (AvgIpc) is 2.06. The van der Waals surface area contributed by atoms with Crippen molar-refractivity contribution in [3.05, 3.63) is 0 Å². The van der Waals surface area contributed by atoms with Crippen LogP contribution in [0.2, 0.25) is 0 Å². The van der Waals surface area contributed by atoms with Gasteiger partial charge in [-0.05, 0) is 6.42 Å². The third kappa shape index (κ3) is 22.5. The van der Waals surface area contributed by atoms with Crippen LogP contribution >= 0.6 is 15.9 Å². The van der Waals surface area contributed by atoms with Crippen molar-refractivity contribution in [3.63, 3.8) is 0 Å². The van der Waals surface area contributed by atoms with Gasteiger partial charge in [0.25, 0.3) is 6.47 Å². The fraction of sp³-hybridized carbons (Fsp3) is 0.889. The molecule has 0 bridgehead atoms. The minimum Gasteiger partial charge on any atom is -0.483 e. The first-order chi connectivity index (χ1) is 5.83. The van der Waals surface area contributed by atoms with Gasteiger partial charge >= 0.3 is 0 Å². The molecule has 0 atom stereocenters. The van der Waals surface area contributed by atoms with Crippen molar-refractivity contribution in [2.75, 3.05) is 5.33 Å². The molecule has 0 aliphatic heterocycles. The smallest absolute Gasteiger partial charge is 0.290 e. The van der Waals surface area contributed by atoms with Gasteiger partial charge in [0.2, 0.25) is 0 Å². The lowest BCUT2D eigenvalue weighted by Gasteiger charge is -1.95. The topological polar surface area (TPSA) is 37.3 Å². The predicted octanol–water partition coefficient (Wildman–Crippen LogP) is 3.44. The fourth-order valence-corrected chi connectivity index (χ4v) is 1.27. The van der Waals surface area contributed by atoms with Crippen LogP contribution in [0.5, 0.6) is 0 Å². The quantitative estimate of drug-likeness (QED) is 0.438. The van der Waals surface area contributed by atoms with Crippen molar-refractivity contribution in [2.45, 2.75) is 45.4 Å². The summed E-state index contributed by atoms with van der Waals surface area (Å²) in [4.78, 5) is 8.36. The molecular weight excluding hydrogens is 220 g/mol. The predicted molar refractivity (Wildman–Crippen MR) is 55.9 cm³/mol. The molecule has 0 aliphatic rings. The summed E-state index contributed by atoms with van der Waals surface area (Å²) in [6.07, 6.45) is 8.40. The first-order valence-electron chi connectivity index (χ1n) is 4.47. The molecule has 0 amide bonds. The fourth-order valence-electron chi connectivity index (χ4n) is 0.875. The molecule has 0 fully saturated rings. The van der Waals surface area contributed by atoms with Crippen LogP contribution in [0.15, 0.2) is 0 Å². The van der Waals surface area contributed by atoms with Crippen molar-refractivity contribution >= 4 is 22.4 Å². The minimum absolute atomic E-state index is 0.250. The van der Waals surface area contributed by atoms with Crippen molar-refractivity contribution in [2.24, 2.45) is 0 Å². The highest BCUT2D eigenvalue weighted by molar-refractivity contribution is 9.09. The second kappa shape index (κ2) is 17.2. The van der Waals surface area contributed by atoms with Crippen LogP contribution in [-0.2, 0) is 4.79 Å². The highest BCUT2D eigenvalue weighted by Gasteiger charge is 1.86. The van der Waals surface area contributed by atoms with E-state index in [0.29, 0.717) is 0 Å². The molecule has 3 heteroatoms. The van der Waals surface area contributed by atoms with E-state index in [1.54, 1.807) is 0 Å². The number of carboxylic acid groups (broad SMARTS) is 1. The van der Waals surface area contributed by atoms with Gasteiger partial charge in [-0.3, -0.25) is 4.79 Å². The maximum absolute atomic E-state index is 8.36. The SMILES string of the molecule is CCCCCCCCBr.O=CO. The zero-order valence-corrected chi connectivity index (χ0v) is 9.35. The van der Waals surface area contributed by atoms with Crippen LogP contribution in [0.25, 0.3) is 0 Å². The molecule has 0 saturated heterocycles. The Morgan fingerprint density at radius 3 is 2.00 bits per heavy atom. The molecule has 1 N–H and O–H groups in total. The summed E-state index contributed by atoms with van der Waals surface area (Å²) >= 11 is 3.42. The summed E-state index contributed by atoms with van der Waals surface area (Å²) in [6, 6.07) is 0. The highest BCUT2D eigenvalue weighted by atomic mass is 79.9. The Morgan fingerprint density at radius 2 is 1.58 bits per heavy atom. The second-order valence-corrected chi connectivity index (χ2v) is 3.36. The minimum atomic E-state index is -0.250. The first kappa shape index (κ1) is 14.5. The van der Waals surface area contributed by atoms with Crippen LogP contribution in [0, 0.1) is 0 Å². The molecule has 0 radical (unpaired) electrons. The Bertz CT molecular complexity index is 70.9. The third-order valence-electron chi connectivity index (χ3n) is 1.49. The zero-order chi connectivity index (χ0) is 9.66. The average molecular weight is 239 g/mol. The van der Waals surface area contributed by atoms with Crippen LogP contribution in [0.1, 0.15) is 45.4 Å². The van der Waals surface area contributed by atoms with Gasteiger partial charge in [-0.1, -0.05) is 55.0 Å². The number of hydrogen-bond donors (Lipinski definition) is 1. The Labute approximate surface area is 83.5 Å². The number of hydrogen-bond acceptors (Lipinski definition) is 1. The summed E-state index contributed by atoms with van der Waals surface area (Å²) in [6.45, 7) is 2.00. The summed E-state index contributed by atoms with van der Waals surface area (Å²) in [5.41, 5.74) is 0. The second-order valence-electron chi connectivity index (χ2n) is 2.56. The molecule has 0 aromatic rings.